The average Bonchev–Trinajstić information content (AvgIpc) is 3.58. The summed E-state index contributed by atoms with van der Waals surface area (Å²) in [6, 6.07) is 24.0. The van der Waals surface area contributed by atoms with Gasteiger partial charge in [0.05, 0.1) is 0 Å². The van der Waals surface area contributed by atoms with Crippen LogP contribution in [-0.4, -0.2) is 46.8 Å². The van der Waals surface area contributed by atoms with Gasteiger partial charge in [-0.15, -0.1) is 0 Å². The van der Waals surface area contributed by atoms with Crippen molar-refractivity contribution in [2.24, 2.45) is 0 Å². The predicted molar refractivity (Wildman–Crippen MR) is 151 cm³/mol. The third-order valence-corrected chi connectivity index (χ3v) is 7.17. The summed E-state index contributed by atoms with van der Waals surface area (Å²) in [4.78, 5) is 29.5. The highest BCUT2D eigenvalue weighted by Gasteiger charge is 2.28. The van der Waals surface area contributed by atoms with Crippen LogP contribution in [0.15, 0.2) is 85.1 Å². The van der Waals surface area contributed by atoms with E-state index in [0.29, 0.717) is 12.2 Å². The lowest BCUT2D eigenvalue weighted by molar-refractivity contribution is -0.124. The van der Waals surface area contributed by atoms with Crippen molar-refractivity contribution in [2.45, 2.75) is 25.3 Å². The minimum atomic E-state index is -0.562. The maximum atomic E-state index is 12.4. The smallest absolute Gasteiger partial charge is 0.411 e. The zero-order valence-corrected chi connectivity index (χ0v) is 21.6. The number of hydroxylamine groups is 1. The van der Waals surface area contributed by atoms with Gasteiger partial charge in [0, 0.05) is 48.0 Å². The Bertz CT molecular complexity index is 1460. The highest BCUT2D eigenvalue weighted by molar-refractivity contribution is 5.90. The summed E-state index contributed by atoms with van der Waals surface area (Å²) < 4.78 is 5.55. The molecule has 1 heterocycles. The molecule has 8 nitrogen and oxygen atoms in total. The molecule has 2 amide bonds. The normalized spacial score (nSPS) is 14.6. The number of anilines is 1. The second-order valence-electron chi connectivity index (χ2n) is 9.59. The van der Waals surface area contributed by atoms with E-state index in [1.165, 1.54) is 28.2 Å². The molecule has 0 fully saturated rings. The molecule has 1 aliphatic rings. The first-order valence-corrected chi connectivity index (χ1v) is 13.1. The maximum Gasteiger partial charge on any atom is 0.411 e. The topological polar surface area (TPSA) is 107 Å². The van der Waals surface area contributed by atoms with E-state index in [0.717, 1.165) is 36.9 Å². The largest absolute Gasteiger partial charge is 0.448 e. The number of aryl methyl sites for hydroxylation is 1. The van der Waals surface area contributed by atoms with Gasteiger partial charge < -0.3 is 9.72 Å². The van der Waals surface area contributed by atoms with Gasteiger partial charge >= 0.3 is 6.09 Å². The Morgan fingerprint density at radius 2 is 1.87 bits per heavy atom. The molecule has 8 heteroatoms. The summed E-state index contributed by atoms with van der Waals surface area (Å²) in [7, 11) is 0. The highest BCUT2D eigenvalue weighted by Crippen LogP contribution is 2.36. The Labute approximate surface area is 227 Å². The van der Waals surface area contributed by atoms with Crippen molar-refractivity contribution in [3.05, 3.63) is 107 Å². The minimum absolute atomic E-state index is 0.199. The number of carbonyl (C=O) groups excluding carboxylic acids is 2. The monoisotopic (exact) mass is 524 g/mol. The maximum absolute atomic E-state index is 12.4. The van der Waals surface area contributed by atoms with Crippen LogP contribution in [0.25, 0.3) is 17.0 Å². The molecule has 0 spiro atoms. The molecule has 0 aliphatic heterocycles. The highest BCUT2D eigenvalue weighted by atomic mass is 16.5. The number of nitrogens with one attached hydrogen (secondary N) is 3. The van der Waals surface area contributed by atoms with Crippen LogP contribution in [-0.2, 0) is 22.4 Å². The number of fused-ring (bicyclic) bond motifs is 2. The Morgan fingerprint density at radius 1 is 1.05 bits per heavy atom. The first-order chi connectivity index (χ1) is 19.1. The van der Waals surface area contributed by atoms with Crippen LogP contribution in [0.1, 0.15) is 34.7 Å². The van der Waals surface area contributed by atoms with Crippen molar-refractivity contribution in [3.63, 3.8) is 0 Å². The van der Waals surface area contributed by atoms with E-state index in [1.54, 1.807) is 11.6 Å². The molecule has 0 radical (unpaired) electrons. The molecule has 4 N–H and O–H groups in total. The van der Waals surface area contributed by atoms with Crippen LogP contribution in [0.3, 0.4) is 0 Å². The van der Waals surface area contributed by atoms with E-state index in [-0.39, 0.29) is 12.6 Å². The number of hydrogen-bond acceptors (Lipinski definition) is 5. The number of carbonyl (C=O) groups is 2. The fraction of sp³-hybridized carbons (Fsp3) is 0.226. The van der Waals surface area contributed by atoms with E-state index in [9.17, 15) is 9.59 Å². The molecule has 5 rings (SSSR count). The number of H-pyrrole nitrogens is 1. The fourth-order valence-corrected chi connectivity index (χ4v) is 5.26. The van der Waals surface area contributed by atoms with Crippen LogP contribution in [0, 0.1) is 0 Å². The standard InChI is InChI=1S/C31H32N4O4/c36-30(34-38)15-11-22-10-13-27-23(20-22)12-14-29(27)35(17-16-24-21-32-28-9-5-4-8-26(24)28)18-19-39-31(37)33-25-6-2-1-3-7-25/h1-11,13,15,20-21,29,32,38H,12,14,16-19H2,(H,33,37)(H,34,36). The number of hydrogen-bond donors (Lipinski definition) is 4. The second-order valence-corrected chi connectivity index (χ2v) is 9.59. The Hall–Kier alpha value is -4.40. The van der Waals surface area contributed by atoms with Crippen LogP contribution in [0.5, 0.6) is 0 Å². The Morgan fingerprint density at radius 3 is 2.72 bits per heavy atom. The molecule has 200 valence electrons. The van der Waals surface area contributed by atoms with E-state index in [4.69, 9.17) is 9.94 Å². The Balaban J connectivity index is 1.28. The quantitative estimate of drug-likeness (QED) is 0.125. The van der Waals surface area contributed by atoms with Crippen LogP contribution in [0.4, 0.5) is 10.5 Å². The number of rotatable bonds is 10. The molecule has 1 aliphatic carbocycles. The molecule has 1 unspecified atom stereocenters. The average molecular weight is 525 g/mol. The lowest BCUT2D eigenvalue weighted by Crippen LogP contribution is -2.33. The molecule has 1 aromatic heterocycles. The zero-order chi connectivity index (χ0) is 27.0. The minimum Gasteiger partial charge on any atom is -0.448 e. The molecule has 0 bridgehead atoms. The molecule has 4 aromatic rings. The van der Waals surface area contributed by atoms with Crippen molar-refractivity contribution < 1.29 is 19.5 Å². The van der Waals surface area contributed by atoms with Gasteiger partial charge in [0.25, 0.3) is 5.91 Å². The summed E-state index contributed by atoms with van der Waals surface area (Å²) in [5, 5.41) is 12.7. The van der Waals surface area contributed by atoms with E-state index < -0.39 is 12.0 Å². The predicted octanol–water partition coefficient (Wildman–Crippen LogP) is 5.47. The van der Waals surface area contributed by atoms with Gasteiger partial charge in [0.15, 0.2) is 0 Å². The van der Waals surface area contributed by atoms with Gasteiger partial charge in [0.2, 0.25) is 0 Å². The van der Waals surface area contributed by atoms with Crippen molar-refractivity contribution >= 4 is 34.7 Å². The lowest BCUT2D eigenvalue weighted by atomic mass is 10.0. The first-order valence-electron chi connectivity index (χ1n) is 13.1. The van der Waals surface area contributed by atoms with Gasteiger partial charge in [-0.2, -0.15) is 0 Å². The number of nitrogens with zero attached hydrogens (tertiary/aromatic N) is 1. The van der Waals surface area contributed by atoms with Crippen molar-refractivity contribution in [3.8, 4) is 0 Å². The summed E-state index contributed by atoms with van der Waals surface area (Å²) in [5.41, 5.74) is 8.11. The number of benzene rings is 3. The summed E-state index contributed by atoms with van der Waals surface area (Å²) in [6.07, 6.45) is 7.36. The third kappa shape index (κ3) is 6.54. The number of aromatic nitrogens is 1. The molecule has 1 atom stereocenters. The second kappa shape index (κ2) is 12.4. The number of para-hydroxylation sites is 2. The molecule has 0 saturated carbocycles. The summed E-state index contributed by atoms with van der Waals surface area (Å²) in [5.74, 6) is -0.562. The van der Waals surface area contributed by atoms with Gasteiger partial charge in [-0.05, 0) is 65.8 Å². The van der Waals surface area contributed by atoms with Crippen LogP contribution in [0.2, 0.25) is 0 Å². The van der Waals surface area contributed by atoms with Crippen molar-refractivity contribution in [1.82, 2.24) is 15.4 Å². The van der Waals surface area contributed by atoms with Crippen molar-refractivity contribution in [1.29, 1.82) is 0 Å². The molecular weight excluding hydrogens is 492 g/mol. The Kier molecular flexibility index (Phi) is 8.36. The van der Waals surface area contributed by atoms with Crippen LogP contribution < -0.4 is 10.8 Å². The van der Waals surface area contributed by atoms with Crippen LogP contribution >= 0.6 is 0 Å². The van der Waals surface area contributed by atoms with Gasteiger partial charge in [-0.3, -0.25) is 20.2 Å². The summed E-state index contributed by atoms with van der Waals surface area (Å²) >= 11 is 0. The molecule has 39 heavy (non-hydrogen) atoms. The molecular formula is C31H32N4O4. The fourth-order valence-electron chi connectivity index (χ4n) is 5.26. The van der Waals surface area contributed by atoms with Gasteiger partial charge in [-0.25, -0.2) is 10.3 Å². The van der Waals surface area contributed by atoms with Gasteiger partial charge in [-0.1, -0.05) is 54.6 Å². The number of amides is 2. The number of aromatic amines is 1. The molecule has 0 saturated heterocycles. The zero-order valence-electron chi connectivity index (χ0n) is 21.6. The van der Waals surface area contributed by atoms with E-state index in [2.05, 4.69) is 51.7 Å². The summed E-state index contributed by atoms with van der Waals surface area (Å²) in [6.45, 7) is 1.69. The van der Waals surface area contributed by atoms with Crippen molar-refractivity contribution in [2.75, 3.05) is 25.0 Å². The molecule has 3 aromatic carbocycles. The lowest BCUT2D eigenvalue weighted by Gasteiger charge is -2.29. The first kappa shape index (κ1) is 26.2. The third-order valence-electron chi connectivity index (χ3n) is 7.17. The SMILES string of the molecule is O=C(C=Cc1ccc2c(c1)CCC2N(CCOC(=O)Nc1ccccc1)CCc1c[nH]c2ccccc12)NO. The number of ether oxygens (including phenoxy) is 1. The van der Waals surface area contributed by atoms with Gasteiger partial charge in [0.1, 0.15) is 6.61 Å². The van der Waals surface area contributed by atoms with E-state index >= 15 is 0 Å². The van der Waals surface area contributed by atoms with E-state index in [1.807, 2.05) is 42.5 Å².